The predicted octanol–water partition coefficient (Wildman–Crippen LogP) is 6.63. The van der Waals surface area contributed by atoms with Crippen molar-refractivity contribution in [1.29, 1.82) is 0 Å². The number of Topliss-reactive ketones (excluding diaryl/α,β-unsaturated/α-hetero) is 1. The number of fused-ring (bicyclic) bond motifs is 4. The number of carbonyl (C=O) groups excluding carboxylic acids is 3. The summed E-state index contributed by atoms with van der Waals surface area (Å²) in [5.74, 6) is -5.59. The van der Waals surface area contributed by atoms with Crippen LogP contribution in [0.5, 0.6) is 0 Å². The minimum atomic E-state index is -3.18. The highest BCUT2D eigenvalue weighted by Gasteiger charge is 2.41. The number of hydrogen-bond donors (Lipinski definition) is 0. The molecular formula is C29H21ClF3N3O3S. The Kier molecular flexibility index (Phi) is 6.62. The van der Waals surface area contributed by atoms with Crippen LogP contribution in [0.2, 0.25) is 5.02 Å². The SMILES string of the molecule is O=C(C[C@@H](Cc1cccc(F)c1)CN1C(=O)c2ccccc2C1=O)c1cc2c(s1)C(F)(F)CCn1ncc(Cl)c1-2. The van der Waals surface area contributed by atoms with E-state index in [1.54, 1.807) is 30.3 Å². The lowest BCUT2D eigenvalue weighted by Gasteiger charge is -2.22. The van der Waals surface area contributed by atoms with Crippen LogP contribution in [0.3, 0.4) is 0 Å². The molecule has 40 heavy (non-hydrogen) atoms. The average Bonchev–Trinajstić information content (AvgIpc) is 3.57. The summed E-state index contributed by atoms with van der Waals surface area (Å²) >= 11 is 7.00. The molecule has 0 spiro atoms. The number of carbonyl (C=O) groups is 3. The van der Waals surface area contributed by atoms with Crippen molar-refractivity contribution < 1.29 is 27.6 Å². The fraction of sp³-hybridized carbons (Fsp3) is 0.241. The second kappa shape index (κ2) is 10.0. The highest BCUT2D eigenvalue weighted by Crippen LogP contribution is 2.48. The fourth-order valence-electron chi connectivity index (χ4n) is 5.36. The summed E-state index contributed by atoms with van der Waals surface area (Å²) in [5.41, 5.74) is 1.65. The Labute approximate surface area is 236 Å². The van der Waals surface area contributed by atoms with E-state index in [4.69, 9.17) is 11.6 Å². The molecule has 2 aliphatic rings. The molecule has 4 heterocycles. The van der Waals surface area contributed by atoms with Crippen molar-refractivity contribution in [3.8, 4) is 11.3 Å². The Balaban J connectivity index is 1.31. The first-order valence-electron chi connectivity index (χ1n) is 12.6. The molecule has 2 amide bonds. The molecule has 6 nitrogen and oxygen atoms in total. The molecular weight excluding hydrogens is 563 g/mol. The van der Waals surface area contributed by atoms with Crippen LogP contribution in [-0.2, 0) is 18.9 Å². The van der Waals surface area contributed by atoms with E-state index in [2.05, 4.69) is 5.10 Å². The maximum Gasteiger partial charge on any atom is 0.284 e. The number of nitrogens with zero attached hydrogens (tertiary/aromatic N) is 3. The summed E-state index contributed by atoms with van der Waals surface area (Å²) < 4.78 is 45.5. The highest BCUT2D eigenvalue weighted by atomic mass is 35.5. The van der Waals surface area contributed by atoms with E-state index in [9.17, 15) is 18.8 Å². The molecule has 2 aliphatic heterocycles. The Bertz CT molecular complexity index is 1650. The first kappa shape index (κ1) is 26.5. The minimum Gasteiger partial charge on any atom is -0.293 e. The summed E-state index contributed by atoms with van der Waals surface area (Å²) in [4.78, 5) is 40.6. The van der Waals surface area contributed by atoms with Gasteiger partial charge in [-0.1, -0.05) is 35.9 Å². The summed E-state index contributed by atoms with van der Waals surface area (Å²) in [6.45, 7) is -0.107. The first-order valence-corrected chi connectivity index (χ1v) is 13.8. The molecule has 2 aromatic heterocycles. The molecule has 204 valence electrons. The molecule has 0 unspecified atom stereocenters. The summed E-state index contributed by atoms with van der Waals surface area (Å²) in [5, 5.41) is 4.31. The van der Waals surface area contributed by atoms with Crippen LogP contribution < -0.4 is 0 Å². The molecule has 0 radical (unpaired) electrons. The van der Waals surface area contributed by atoms with Gasteiger partial charge in [0.1, 0.15) is 5.82 Å². The van der Waals surface area contributed by atoms with Gasteiger partial charge in [0.25, 0.3) is 17.7 Å². The van der Waals surface area contributed by atoms with Gasteiger partial charge in [0.05, 0.1) is 37.8 Å². The van der Waals surface area contributed by atoms with Crippen molar-refractivity contribution >= 4 is 40.5 Å². The Morgan fingerprint density at radius 1 is 1.05 bits per heavy atom. The molecule has 0 bridgehead atoms. The monoisotopic (exact) mass is 583 g/mol. The third-order valence-corrected chi connectivity index (χ3v) is 8.80. The number of halogens is 4. The summed E-state index contributed by atoms with van der Waals surface area (Å²) in [7, 11) is 0. The number of ketones is 1. The van der Waals surface area contributed by atoms with Crippen molar-refractivity contribution in [2.24, 2.45) is 5.92 Å². The zero-order valence-electron chi connectivity index (χ0n) is 20.9. The molecule has 0 saturated heterocycles. The second-order valence-corrected chi connectivity index (χ2v) is 11.4. The van der Waals surface area contributed by atoms with Gasteiger partial charge in [0.2, 0.25) is 0 Å². The normalized spacial score (nSPS) is 16.4. The van der Waals surface area contributed by atoms with E-state index in [0.717, 1.165) is 4.90 Å². The molecule has 0 N–H and O–H groups in total. The van der Waals surface area contributed by atoms with Gasteiger partial charge in [0, 0.05) is 31.5 Å². The topological polar surface area (TPSA) is 72.3 Å². The van der Waals surface area contributed by atoms with Gasteiger partial charge in [-0.05, 0) is 48.2 Å². The van der Waals surface area contributed by atoms with Crippen molar-refractivity contribution in [3.05, 3.63) is 98.1 Å². The number of imide groups is 1. The third kappa shape index (κ3) is 4.65. The van der Waals surface area contributed by atoms with Crippen molar-refractivity contribution in [2.45, 2.75) is 31.7 Å². The Morgan fingerprint density at radius 2 is 1.77 bits per heavy atom. The molecule has 6 rings (SSSR count). The number of thiophene rings is 1. The largest absolute Gasteiger partial charge is 0.293 e. The molecule has 2 aromatic carbocycles. The number of alkyl halides is 2. The van der Waals surface area contributed by atoms with E-state index in [0.29, 0.717) is 22.6 Å². The van der Waals surface area contributed by atoms with Crippen molar-refractivity contribution in [1.82, 2.24) is 14.7 Å². The van der Waals surface area contributed by atoms with Crippen LogP contribution >= 0.6 is 22.9 Å². The van der Waals surface area contributed by atoms with Gasteiger partial charge in [-0.25, -0.2) is 13.2 Å². The number of hydrogen-bond acceptors (Lipinski definition) is 5. The highest BCUT2D eigenvalue weighted by molar-refractivity contribution is 7.14. The van der Waals surface area contributed by atoms with Crippen LogP contribution in [0.4, 0.5) is 13.2 Å². The lowest BCUT2D eigenvalue weighted by atomic mass is 9.93. The van der Waals surface area contributed by atoms with Gasteiger partial charge in [-0.2, -0.15) is 5.10 Å². The molecule has 4 aromatic rings. The van der Waals surface area contributed by atoms with Crippen molar-refractivity contribution in [3.63, 3.8) is 0 Å². The summed E-state index contributed by atoms with van der Waals surface area (Å²) in [6.07, 6.45) is 0.945. The fourth-order valence-corrected chi connectivity index (χ4v) is 6.71. The van der Waals surface area contributed by atoms with Gasteiger partial charge in [-0.3, -0.25) is 24.0 Å². The quantitative estimate of drug-likeness (QED) is 0.181. The van der Waals surface area contributed by atoms with Gasteiger partial charge in [-0.15, -0.1) is 11.3 Å². The first-order chi connectivity index (χ1) is 19.1. The Hall–Kier alpha value is -3.76. The zero-order valence-corrected chi connectivity index (χ0v) is 22.4. The van der Waals surface area contributed by atoms with Gasteiger partial charge >= 0.3 is 0 Å². The molecule has 0 saturated carbocycles. The second-order valence-electron chi connectivity index (χ2n) is 9.97. The number of amides is 2. The lowest BCUT2D eigenvalue weighted by Crippen LogP contribution is -2.36. The van der Waals surface area contributed by atoms with E-state index in [1.807, 2.05) is 0 Å². The van der Waals surface area contributed by atoms with Gasteiger partial charge < -0.3 is 0 Å². The van der Waals surface area contributed by atoms with Crippen LogP contribution in [0, 0.1) is 11.7 Å². The van der Waals surface area contributed by atoms with Gasteiger partial charge in [0.15, 0.2) is 5.78 Å². The maximum atomic E-state index is 15.1. The van der Waals surface area contributed by atoms with E-state index < -0.39 is 41.7 Å². The van der Waals surface area contributed by atoms with Crippen LogP contribution in [0.1, 0.15) is 53.7 Å². The van der Waals surface area contributed by atoms with Crippen LogP contribution in [0.15, 0.2) is 60.8 Å². The zero-order chi connectivity index (χ0) is 28.2. The number of aromatic nitrogens is 2. The summed E-state index contributed by atoms with van der Waals surface area (Å²) in [6, 6.07) is 13.7. The molecule has 1 atom stereocenters. The Morgan fingerprint density at radius 3 is 2.48 bits per heavy atom. The van der Waals surface area contributed by atoms with Crippen LogP contribution in [-0.4, -0.2) is 38.8 Å². The van der Waals surface area contributed by atoms with Crippen molar-refractivity contribution in [2.75, 3.05) is 6.54 Å². The number of rotatable bonds is 7. The number of benzene rings is 2. The minimum absolute atomic E-state index is 0.0181. The standard InChI is InChI=1S/C29H21ClF3N3O3S/c30-22-14-34-36-9-8-29(32,33)26-21(25(22)36)13-24(40-26)23(37)12-17(10-16-4-3-5-18(31)11-16)15-35-27(38)19-6-1-2-7-20(19)28(35)39/h1-7,11,13-14,17H,8-10,12,15H2/t17-/m1/s1. The lowest BCUT2D eigenvalue weighted by molar-refractivity contribution is -0.0122. The maximum absolute atomic E-state index is 15.1. The van der Waals surface area contributed by atoms with Crippen LogP contribution in [0.25, 0.3) is 11.3 Å². The van der Waals surface area contributed by atoms with E-state index in [-0.39, 0.29) is 57.4 Å². The average molecular weight is 584 g/mol. The smallest absolute Gasteiger partial charge is 0.284 e. The third-order valence-electron chi connectivity index (χ3n) is 7.23. The molecule has 0 aliphatic carbocycles. The van der Waals surface area contributed by atoms with E-state index >= 15 is 8.78 Å². The predicted molar refractivity (Wildman–Crippen MR) is 143 cm³/mol. The number of aryl methyl sites for hydroxylation is 1. The molecule has 0 fully saturated rings. The van der Waals surface area contributed by atoms with E-state index in [1.165, 1.54) is 35.1 Å². The molecule has 11 heteroatoms.